The fourth-order valence-corrected chi connectivity index (χ4v) is 4.86. The molecule has 2 unspecified atom stereocenters. The third kappa shape index (κ3) is 12.9. The van der Waals surface area contributed by atoms with E-state index in [1.807, 2.05) is 43.4 Å². The van der Waals surface area contributed by atoms with Crippen molar-refractivity contribution in [2.75, 3.05) is 33.5 Å². The van der Waals surface area contributed by atoms with Crippen molar-refractivity contribution in [2.45, 2.75) is 50.6 Å². The van der Waals surface area contributed by atoms with Crippen LogP contribution in [0.3, 0.4) is 0 Å². The average molecular weight is 734 g/mol. The molecular weight excluding hydrogens is 697 g/mol. The maximum Gasteiger partial charge on any atom is -0.0196 e. The van der Waals surface area contributed by atoms with Gasteiger partial charge in [0.25, 0.3) is 0 Å². The SMILES string of the molecule is C#CCOc1ccc(CC(N)C(=O)OCCCCCCOC(=O)C(Cc2ccc(OCC#C)cc2)[N](C)[Hg])cc1. The summed E-state index contributed by atoms with van der Waals surface area (Å²) in [6, 6.07) is 13.9. The molecule has 0 aliphatic carbocycles. The molecule has 209 valence electrons. The number of rotatable bonds is 18. The van der Waals surface area contributed by atoms with Crippen LogP contribution in [0.25, 0.3) is 0 Å². The molecule has 0 saturated carbocycles. The number of hydrogen-bond donors (Lipinski definition) is 1. The van der Waals surface area contributed by atoms with E-state index in [0.29, 0.717) is 37.6 Å². The van der Waals surface area contributed by atoms with Crippen molar-refractivity contribution in [3.8, 4) is 36.2 Å². The minimum absolute atomic E-state index is 0.205. The number of hydrogen-bond acceptors (Lipinski definition) is 8. The number of likely N-dealkylation sites (N-methyl/N-ethyl adjacent to an activating group) is 1. The number of ether oxygens (including phenoxy) is 4. The third-order valence-electron chi connectivity index (χ3n) is 6.01. The third-order valence-corrected chi connectivity index (χ3v) is 7.72. The number of nitrogens with two attached hydrogens (primary N) is 1. The molecule has 2 aromatic rings. The summed E-state index contributed by atoms with van der Waals surface area (Å²) >= 11 is 0.286. The van der Waals surface area contributed by atoms with Crippen LogP contribution in [-0.2, 0) is 58.3 Å². The summed E-state index contributed by atoms with van der Waals surface area (Å²) in [5, 5.41) is 0. The summed E-state index contributed by atoms with van der Waals surface area (Å²) < 4.78 is 23.7. The normalized spacial score (nSPS) is 12.1. The smallest absolute Gasteiger partial charge is 0.0196 e. The monoisotopic (exact) mass is 735 g/mol. The molecule has 0 aromatic heterocycles. The Morgan fingerprint density at radius 3 is 1.70 bits per heavy atom. The average Bonchev–Trinajstić information content (AvgIpc) is 2.95. The summed E-state index contributed by atoms with van der Waals surface area (Å²) in [5.41, 5.74) is 7.95. The largest absolute Gasteiger partial charge is 0.0553 e. The van der Waals surface area contributed by atoms with Crippen LogP contribution in [0.15, 0.2) is 48.5 Å². The molecule has 0 fully saturated rings. The van der Waals surface area contributed by atoms with Gasteiger partial charge in [-0.3, -0.25) is 4.79 Å². The molecule has 0 aliphatic rings. The first-order chi connectivity index (χ1) is 19.3. The molecule has 0 heterocycles. The van der Waals surface area contributed by atoms with Crippen LogP contribution < -0.4 is 15.2 Å². The van der Waals surface area contributed by atoms with Gasteiger partial charge in [0.15, 0.2) is 0 Å². The van der Waals surface area contributed by atoms with Gasteiger partial charge in [-0.25, -0.2) is 0 Å². The molecule has 0 bridgehead atoms. The summed E-state index contributed by atoms with van der Waals surface area (Å²) in [4.78, 5) is 24.9. The van der Waals surface area contributed by atoms with Crippen molar-refractivity contribution < 1.29 is 55.0 Å². The standard InChI is InChI=1S/C31H37N2O6.Hg/c1-4-18-36-26-14-10-24(11-15-26)22-28(32)30(34)38-20-8-6-7-9-21-39-31(35)29(33-3)23-25-12-16-27(17-13-25)37-19-5-2;/h1-2,10-17,28-29H,6-9,18-23,32H2,3H3;/q-1;+1. The van der Waals surface area contributed by atoms with Crippen LogP contribution in [0, 0.1) is 24.7 Å². The van der Waals surface area contributed by atoms with E-state index in [1.165, 1.54) is 0 Å². The predicted molar refractivity (Wildman–Crippen MR) is 149 cm³/mol. The van der Waals surface area contributed by atoms with Crippen molar-refractivity contribution in [2.24, 2.45) is 5.73 Å². The van der Waals surface area contributed by atoms with E-state index in [2.05, 4.69) is 14.5 Å². The fraction of sp³-hybridized carbons (Fsp3) is 0.419. The van der Waals surface area contributed by atoms with Gasteiger partial charge < -0.3 is 10.5 Å². The Kier molecular flexibility index (Phi) is 15.8. The molecule has 40 heavy (non-hydrogen) atoms. The molecule has 8 nitrogen and oxygen atoms in total. The molecule has 0 radical (unpaired) electrons. The molecule has 0 amide bonds. The Balaban J connectivity index is 1.59. The van der Waals surface area contributed by atoms with Gasteiger partial charge in [0, 0.05) is 0 Å². The van der Waals surface area contributed by atoms with Crippen LogP contribution in [0.2, 0.25) is 0 Å². The van der Waals surface area contributed by atoms with E-state index >= 15 is 0 Å². The van der Waals surface area contributed by atoms with Crippen LogP contribution >= 0.6 is 0 Å². The number of carbonyl (C=O) groups is 2. The first kappa shape index (κ1) is 33.2. The van der Waals surface area contributed by atoms with Gasteiger partial charge in [-0.05, 0) is 24.1 Å². The number of carbonyl (C=O) groups excluding carboxylic acids is 2. The van der Waals surface area contributed by atoms with Crippen LogP contribution in [0.4, 0.5) is 0 Å². The number of terminal acetylenes is 2. The van der Waals surface area contributed by atoms with E-state index in [1.54, 1.807) is 12.1 Å². The molecule has 2 rings (SSSR count). The maximum absolute atomic E-state index is 12.7. The second-order valence-electron chi connectivity index (χ2n) is 9.31. The molecule has 0 saturated heterocycles. The molecule has 9 heteroatoms. The van der Waals surface area contributed by atoms with Gasteiger partial charge >= 0.3 is 173 Å². The van der Waals surface area contributed by atoms with Crippen molar-refractivity contribution >= 4 is 11.9 Å². The summed E-state index contributed by atoms with van der Waals surface area (Å²) in [7, 11) is 1.94. The van der Waals surface area contributed by atoms with Crippen molar-refractivity contribution in [1.82, 2.24) is 2.66 Å². The van der Waals surface area contributed by atoms with E-state index in [0.717, 1.165) is 36.8 Å². The minimum atomic E-state index is -0.731. The van der Waals surface area contributed by atoms with Gasteiger partial charge in [-0.2, -0.15) is 0 Å². The first-order valence-electron chi connectivity index (χ1n) is 13.3. The quantitative estimate of drug-likeness (QED) is 0.108. The zero-order valence-corrected chi connectivity index (χ0v) is 28.7. The fourth-order valence-electron chi connectivity index (χ4n) is 3.78. The maximum atomic E-state index is 12.7. The molecular formula is C31H37HgN2O6. The molecule has 0 aliphatic heterocycles. The van der Waals surface area contributed by atoms with Crippen LogP contribution in [0.5, 0.6) is 11.5 Å². The van der Waals surface area contributed by atoms with Gasteiger partial charge in [-0.1, -0.05) is 18.1 Å². The topological polar surface area (TPSA) is 100 Å². The second kappa shape index (κ2) is 19.1. The molecule has 2 aromatic carbocycles. The van der Waals surface area contributed by atoms with Crippen molar-refractivity contribution in [3.05, 3.63) is 59.7 Å². The second-order valence-corrected chi connectivity index (χ2v) is 13.2. The Labute approximate surface area is 254 Å². The van der Waals surface area contributed by atoms with Crippen molar-refractivity contribution in [3.63, 3.8) is 0 Å². The Hall–Kier alpha value is -3.04. The Morgan fingerprint density at radius 2 is 1.25 bits per heavy atom. The van der Waals surface area contributed by atoms with Gasteiger partial charge in [0.05, 0.1) is 0 Å². The number of unbranched alkanes of at least 4 members (excludes halogenated alkanes) is 3. The summed E-state index contributed by atoms with van der Waals surface area (Å²) in [6.07, 6.45) is 14.6. The van der Waals surface area contributed by atoms with E-state index in [9.17, 15) is 9.59 Å². The minimum Gasteiger partial charge on any atom is -0.0553 e. The number of nitrogens with zero attached hydrogens (tertiary/aromatic N) is 1. The summed E-state index contributed by atoms with van der Waals surface area (Å²) in [5.74, 6) is 5.60. The number of esters is 2. The zero-order chi connectivity index (χ0) is 29.2. The van der Waals surface area contributed by atoms with Gasteiger partial charge in [-0.15, -0.1) is 6.42 Å². The number of benzene rings is 2. The van der Waals surface area contributed by atoms with E-state index in [-0.39, 0.29) is 51.6 Å². The predicted octanol–water partition coefficient (Wildman–Crippen LogP) is 3.23. The van der Waals surface area contributed by atoms with Gasteiger partial charge in [0.2, 0.25) is 0 Å². The van der Waals surface area contributed by atoms with E-state index in [4.69, 9.17) is 37.5 Å². The Bertz CT molecular complexity index is 1120. The molecule has 0 spiro atoms. The first-order valence-corrected chi connectivity index (χ1v) is 15.7. The molecule has 2 atom stereocenters. The van der Waals surface area contributed by atoms with Gasteiger partial charge in [0.1, 0.15) is 18.4 Å². The van der Waals surface area contributed by atoms with Crippen molar-refractivity contribution in [1.29, 1.82) is 0 Å². The van der Waals surface area contributed by atoms with Crippen LogP contribution in [-0.4, -0.2) is 60.2 Å². The summed E-state index contributed by atoms with van der Waals surface area (Å²) in [6.45, 7) is 1.11. The molecule has 2 N–H and O–H groups in total. The zero-order valence-electron chi connectivity index (χ0n) is 23.2. The Morgan fingerprint density at radius 1 is 0.800 bits per heavy atom. The van der Waals surface area contributed by atoms with E-state index < -0.39 is 12.0 Å². The van der Waals surface area contributed by atoms with Crippen LogP contribution in [0.1, 0.15) is 36.8 Å².